The molecule has 0 radical (unpaired) electrons. The topological polar surface area (TPSA) is 77.4 Å². The van der Waals surface area contributed by atoms with Crippen molar-refractivity contribution < 1.29 is 22.6 Å². The van der Waals surface area contributed by atoms with Gasteiger partial charge in [-0.25, -0.2) is 8.42 Å². The highest BCUT2D eigenvalue weighted by atomic mass is 32.2. The van der Waals surface area contributed by atoms with Gasteiger partial charge in [-0.15, -0.1) is 0 Å². The summed E-state index contributed by atoms with van der Waals surface area (Å²) in [6.45, 7) is 12.5. The molecule has 0 aliphatic rings. The number of hydrogen-bond donors (Lipinski definition) is 1. The average molecular weight is 444 g/mol. The highest BCUT2D eigenvalue weighted by Crippen LogP contribution is 2.15. The number of hydrogen-bond acceptors (Lipinski definition) is 4. The van der Waals surface area contributed by atoms with Crippen LogP contribution in [0.5, 0.6) is 0 Å². The molecule has 0 fully saturated rings. The minimum absolute atomic E-state index is 0.178. The maximum Gasteiger partial charge on any atom is 0.180 e. The molecule has 0 aliphatic carbocycles. The van der Waals surface area contributed by atoms with E-state index in [0.29, 0.717) is 6.73 Å². The molecule has 1 aromatic rings. The summed E-state index contributed by atoms with van der Waals surface area (Å²) < 4.78 is 32.1. The van der Waals surface area contributed by atoms with Crippen molar-refractivity contribution in [3.8, 4) is 0 Å². The normalized spacial score (nSPS) is 11.8. The van der Waals surface area contributed by atoms with Crippen molar-refractivity contribution in [2.24, 2.45) is 0 Å². The van der Waals surface area contributed by atoms with Crippen LogP contribution in [0.3, 0.4) is 0 Å². The van der Waals surface area contributed by atoms with Crippen LogP contribution in [0.4, 0.5) is 0 Å². The maximum atomic E-state index is 10.4. The van der Waals surface area contributed by atoms with Crippen molar-refractivity contribution in [1.82, 2.24) is 0 Å². The fourth-order valence-corrected chi connectivity index (χ4v) is 3.96. The third-order valence-corrected chi connectivity index (χ3v) is 6.42. The molecular weight excluding hydrogens is 398 g/mol. The number of nitrogens with zero attached hydrogens (tertiary/aromatic N) is 1. The largest absolute Gasteiger partial charge is 0.744 e. The first-order chi connectivity index (χ1) is 14.2. The highest BCUT2D eigenvalue weighted by molar-refractivity contribution is 7.85. The molecule has 176 valence electrons. The van der Waals surface area contributed by atoms with Gasteiger partial charge in [-0.1, -0.05) is 70.6 Å². The van der Waals surface area contributed by atoms with E-state index in [0.717, 1.165) is 10.0 Å². The summed E-state index contributed by atoms with van der Waals surface area (Å²) in [7, 11) is -4.27. The van der Waals surface area contributed by atoms with E-state index in [1.54, 1.807) is 12.1 Å². The van der Waals surface area contributed by atoms with E-state index < -0.39 is 10.1 Å². The SMILES string of the molecule is CCCCCC[N+](CO)(CCCC)CCCCCC.Cc1ccc(S(=O)(=O)[O-])cc1. The Hall–Kier alpha value is -0.950. The van der Waals surface area contributed by atoms with Gasteiger partial charge in [0.25, 0.3) is 0 Å². The molecule has 30 heavy (non-hydrogen) atoms. The first-order valence-corrected chi connectivity index (χ1v) is 13.1. The molecule has 6 heteroatoms. The molecule has 0 bridgehead atoms. The number of unbranched alkanes of at least 4 members (excludes halogenated alkanes) is 7. The lowest BCUT2D eigenvalue weighted by Crippen LogP contribution is -2.50. The van der Waals surface area contributed by atoms with Gasteiger partial charge < -0.3 is 14.1 Å². The van der Waals surface area contributed by atoms with Crippen molar-refractivity contribution in [3.63, 3.8) is 0 Å². The average Bonchev–Trinajstić information content (AvgIpc) is 2.72. The molecule has 0 saturated heterocycles. The van der Waals surface area contributed by atoms with Crippen molar-refractivity contribution >= 4 is 10.1 Å². The summed E-state index contributed by atoms with van der Waals surface area (Å²) in [6, 6.07) is 5.78. The molecule has 0 spiro atoms. The third-order valence-electron chi connectivity index (χ3n) is 5.57. The Morgan fingerprint density at radius 2 is 1.20 bits per heavy atom. The van der Waals surface area contributed by atoms with Gasteiger partial charge in [0.15, 0.2) is 6.73 Å². The van der Waals surface area contributed by atoms with E-state index in [-0.39, 0.29) is 4.90 Å². The van der Waals surface area contributed by atoms with Gasteiger partial charge in [-0.2, -0.15) is 0 Å². The van der Waals surface area contributed by atoms with Gasteiger partial charge in [-0.05, 0) is 51.2 Å². The molecule has 0 aliphatic heterocycles. The van der Waals surface area contributed by atoms with Crippen LogP contribution in [0.15, 0.2) is 29.2 Å². The van der Waals surface area contributed by atoms with Crippen LogP contribution in [-0.4, -0.2) is 48.9 Å². The third kappa shape index (κ3) is 13.4. The summed E-state index contributed by atoms with van der Waals surface area (Å²) in [4.78, 5) is -0.178. The molecule has 0 unspecified atom stereocenters. The van der Waals surface area contributed by atoms with Crippen LogP contribution in [-0.2, 0) is 10.1 Å². The smallest absolute Gasteiger partial charge is 0.180 e. The van der Waals surface area contributed by atoms with Crippen molar-refractivity contribution in [2.45, 2.75) is 96.8 Å². The van der Waals surface area contributed by atoms with Crippen LogP contribution < -0.4 is 0 Å². The number of aliphatic hydroxyl groups excluding tert-OH is 1. The molecular formula is C24H45NO4S. The minimum Gasteiger partial charge on any atom is -0.744 e. The molecule has 0 saturated carbocycles. The number of rotatable bonds is 15. The second kappa shape index (κ2) is 16.7. The molecule has 0 atom stereocenters. The lowest BCUT2D eigenvalue weighted by Gasteiger charge is -2.37. The molecule has 1 rings (SSSR count). The lowest BCUT2D eigenvalue weighted by atomic mass is 10.1. The van der Waals surface area contributed by atoms with Gasteiger partial charge in [0.1, 0.15) is 10.1 Å². The fraction of sp³-hybridized carbons (Fsp3) is 0.750. The number of aryl methyl sites for hydroxylation is 1. The zero-order chi connectivity index (χ0) is 22.9. The Bertz CT molecular complexity index is 617. The monoisotopic (exact) mass is 443 g/mol. The zero-order valence-electron chi connectivity index (χ0n) is 19.7. The van der Waals surface area contributed by atoms with Crippen LogP contribution in [0.2, 0.25) is 0 Å². The number of aliphatic hydroxyl groups is 1. The Morgan fingerprint density at radius 1 is 0.767 bits per heavy atom. The first kappa shape index (κ1) is 29.1. The first-order valence-electron chi connectivity index (χ1n) is 11.7. The summed E-state index contributed by atoms with van der Waals surface area (Å²) in [6.07, 6.45) is 13.0. The van der Waals surface area contributed by atoms with E-state index in [1.165, 1.54) is 96.0 Å². The van der Waals surface area contributed by atoms with Crippen LogP contribution in [0.1, 0.15) is 90.5 Å². The molecule has 5 nitrogen and oxygen atoms in total. The quantitative estimate of drug-likeness (QED) is 0.165. The van der Waals surface area contributed by atoms with Gasteiger partial charge in [-0.3, -0.25) is 0 Å². The van der Waals surface area contributed by atoms with Gasteiger partial charge >= 0.3 is 0 Å². The minimum atomic E-state index is -4.27. The van der Waals surface area contributed by atoms with Crippen LogP contribution >= 0.6 is 0 Å². The van der Waals surface area contributed by atoms with E-state index >= 15 is 0 Å². The molecule has 0 aromatic heterocycles. The number of benzene rings is 1. The predicted octanol–water partition coefficient (Wildman–Crippen LogP) is 5.61. The summed E-state index contributed by atoms with van der Waals surface area (Å²) in [5, 5.41) is 9.89. The second-order valence-electron chi connectivity index (χ2n) is 8.40. The van der Waals surface area contributed by atoms with E-state index in [1.807, 2.05) is 6.92 Å². The molecule has 1 N–H and O–H groups in total. The lowest BCUT2D eigenvalue weighted by molar-refractivity contribution is -0.945. The Kier molecular flexibility index (Phi) is 16.2. The van der Waals surface area contributed by atoms with Gasteiger partial charge in [0.05, 0.1) is 24.5 Å². The van der Waals surface area contributed by atoms with E-state index in [4.69, 9.17) is 0 Å². The fourth-order valence-electron chi connectivity index (χ4n) is 3.49. The summed E-state index contributed by atoms with van der Waals surface area (Å²) in [5.41, 5.74) is 0.928. The maximum absolute atomic E-state index is 10.4. The summed E-state index contributed by atoms with van der Waals surface area (Å²) in [5.74, 6) is 0. The molecule has 0 amide bonds. The van der Waals surface area contributed by atoms with Crippen LogP contribution in [0, 0.1) is 6.92 Å². The van der Waals surface area contributed by atoms with E-state index in [9.17, 15) is 18.1 Å². The Balaban J connectivity index is 0.000000642. The van der Waals surface area contributed by atoms with Gasteiger partial charge in [0, 0.05) is 0 Å². The van der Waals surface area contributed by atoms with E-state index in [2.05, 4.69) is 20.8 Å². The van der Waals surface area contributed by atoms with Crippen molar-refractivity contribution in [2.75, 3.05) is 26.4 Å². The van der Waals surface area contributed by atoms with Crippen LogP contribution in [0.25, 0.3) is 0 Å². The number of quaternary nitrogens is 1. The molecule has 1 aromatic carbocycles. The predicted molar refractivity (Wildman–Crippen MR) is 124 cm³/mol. The molecule has 0 heterocycles. The zero-order valence-corrected chi connectivity index (χ0v) is 20.6. The second-order valence-corrected chi connectivity index (χ2v) is 9.78. The summed E-state index contributed by atoms with van der Waals surface area (Å²) >= 11 is 0. The van der Waals surface area contributed by atoms with Gasteiger partial charge in [0.2, 0.25) is 0 Å². The Morgan fingerprint density at radius 3 is 1.57 bits per heavy atom. The highest BCUT2D eigenvalue weighted by Gasteiger charge is 2.24. The Labute approximate surface area is 185 Å². The standard InChI is InChI=1S/C17H38NO.C7H8O3S/c1-4-7-10-12-15-18(17-19,14-9-6-3)16-13-11-8-5-2;1-6-2-4-7(5-3-6)11(8,9)10/h19H,4-17H2,1-3H3;2-5H,1H3,(H,8,9,10)/q+1;/p-1. The van der Waals surface area contributed by atoms with Crippen molar-refractivity contribution in [1.29, 1.82) is 0 Å². The van der Waals surface area contributed by atoms with Crippen molar-refractivity contribution in [3.05, 3.63) is 29.8 Å².